The van der Waals surface area contributed by atoms with E-state index in [-0.39, 0.29) is 5.57 Å². The van der Waals surface area contributed by atoms with Gasteiger partial charge >= 0.3 is 0 Å². The Labute approximate surface area is 151 Å². The Balaban J connectivity index is 2.28. The topological polar surface area (TPSA) is 50.8 Å². The highest BCUT2D eigenvalue weighted by Crippen LogP contribution is 2.35. The van der Waals surface area contributed by atoms with E-state index in [2.05, 4.69) is 55.2 Å². The molecule has 0 amide bonds. The highest BCUT2D eigenvalue weighted by molar-refractivity contribution is 5.59. The maximum atomic E-state index is 9.19. The van der Waals surface area contributed by atoms with Gasteiger partial charge in [0.1, 0.15) is 17.7 Å². The van der Waals surface area contributed by atoms with E-state index in [9.17, 15) is 10.5 Å². The van der Waals surface area contributed by atoms with Crippen LogP contribution in [-0.2, 0) is 0 Å². The molecule has 0 fully saturated rings. The monoisotopic (exact) mass is 331 g/mol. The second-order valence-electron chi connectivity index (χ2n) is 7.07. The van der Waals surface area contributed by atoms with Gasteiger partial charge in [-0.25, -0.2) is 0 Å². The third-order valence-corrected chi connectivity index (χ3v) is 4.73. The molecule has 1 aromatic rings. The van der Waals surface area contributed by atoms with Crippen LogP contribution in [0.15, 0.2) is 53.1 Å². The molecule has 0 radical (unpaired) electrons. The summed E-state index contributed by atoms with van der Waals surface area (Å²) in [4.78, 5) is 2.08. The van der Waals surface area contributed by atoms with Crippen molar-refractivity contribution in [3.05, 3.63) is 58.7 Å². The predicted octanol–water partition coefficient (Wildman–Crippen LogP) is 5.10. The number of hydrogen-bond donors (Lipinski definition) is 0. The molecule has 25 heavy (non-hydrogen) atoms. The summed E-state index contributed by atoms with van der Waals surface area (Å²) in [5.41, 5.74) is 4.61. The van der Waals surface area contributed by atoms with Crippen LogP contribution in [0.1, 0.15) is 32.3 Å². The summed E-state index contributed by atoms with van der Waals surface area (Å²) in [6, 6.07) is 12.5. The van der Waals surface area contributed by atoms with Crippen molar-refractivity contribution in [2.75, 3.05) is 19.0 Å². The normalized spacial score (nSPS) is 17.2. The fraction of sp³-hybridized carbons (Fsp3) is 0.364. The molecule has 0 N–H and O–H groups in total. The lowest BCUT2D eigenvalue weighted by Crippen LogP contribution is -2.14. The van der Waals surface area contributed by atoms with Crippen molar-refractivity contribution in [3.63, 3.8) is 0 Å². The molecule has 0 unspecified atom stereocenters. The molecule has 1 atom stereocenters. The van der Waals surface area contributed by atoms with E-state index in [1.54, 1.807) is 0 Å². The molecule has 1 aliphatic carbocycles. The minimum absolute atomic E-state index is 0.242. The maximum Gasteiger partial charge on any atom is 0.132 e. The lowest BCUT2D eigenvalue weighted by atomic mass is 9.78. The van der Waals surface area contributed by atoms with E-state index >= 15 is 0 Å². The van der Waals surface area contributed by atoms with Crippen molar-refractivity contribution in [3.8, 4) is 12.1 Å². The smallest absolute Gasteiger partial charge is 0.132 e. The van der Waals surface area contributed by atoms with Gasteiger partial charge in [0, 0.05) is 19.8 Å². The molecule has 0 spiro atoms. The zero-order chi connectivity index (χ0) is 18.4. The van der Waals surface area contributed by atoms with Crippen molar-refractivity contribution in [1.82, 2.24) is 0 Å². The third kappa shape index (κ3) is 4.85. The Hall–Kier alpha value is -2.78. The number of nitriles is 2. The summed E-state index contributed by atoms with van der Waals surface area (Å²) in [7, 11) is 4.05. The Morgan fingerprint density at radius 1 is 1.08 bits per heavy atom. The molecule has 2 rings (SSSR count). The van der Waals surface area contributed by atoms with Crippen LogP contribution in [0.5, 0.6) is 0 Å². The van der Waals surface area contributed by atoms with Gasteiger partial charge in [0.25, 0.3) is 0 Å². The zero-order valence-corrected chi connectivity index (χ0v) is 15.5. The Kier molecular flexibility index (Phi) is 6.20. The first-order valence-electron chi connectivity index (χ1n) is 8.64. The molecular weight excluding hydrogens is 306 g/mol. The van der Waals surface area contributed by atoms with E-state index < -0.39 is 0 Å². The van der Waals surface area contributed by atoms with Crippen molar-refractivity contribution in [2.24, 2.45) is 11.8 Å². The van der Waals surface area contributed by atoms with Crippen LogP contribution in [-0.4, -0.2) is 14.1 Å². The van der Waals surface area contributed by atoms with Crippen LogP contribution in [0, 0.1) is 34.5 Å². The number of hydrogen-bond acceptors (Lipinski definition) is 3. The molecule has 0 saturated carbocycles. The molecule has 1 aromatic carbocycles. The fourth-order valence-electron chi connectivity index (χ4n) is 3.02. The summed E-state index contributed by atoms with van der Waals surface area (Å²) < 4.78 is 0. The Morgan fingerprint density at radius 3 is 2.24 bits per heavy atom. The highest BCUT2D eigenvalue weighted by atomic mass is 15.1. The number of allylic oxidation sites excluding steroid dienone is 5. The number of nitrogens with zero attached hydrogens (tertiary/aromatic N) is 3. The van der Waals surface area contributed by atoms with Gasteiger partial charge in [-0.2, -0.15) is 10.5 Å². The molecule has 3 nitrogen and oxygen atoms in total. The summed E-state index contributed by atoms with van der Waals surface area (Å²) >= 11 is 0. The molecule has 1 aliphatic rings. The molecule has 0 aromatic heterocycles. The van der Waals surface area contributed by atoms with Gasteiger partial charge in [-0.05, 0) is 53.5 Å². The second-order valence-corrected chi connectivity index (χ2v) is 7.07. The van der Waals surface area contributed by atoms with Crippen molar-refractivity contribution < 1.29 is 0 Å². The highest BCUT2D eigenvalue weighted by Gasteiger charge is 2.22. The Bertz CT molecular complexity index is 762. The molecule has 0 saturated heterocycles. The molecular formula is C22H25N3. The summed E-state index contributed by atoms with van der Waals surface area (Å²) in [5, 5.41) is 18.4. The standard InChI is InChI=1S/C22H25N3/c1-16(2)19-11-18(12-20(13-19)21(14-23)15-24)6-5-17-7-9-22(10-8-17)25(3)4/h5-10,12,16,19H,11,13H2,1-4H3/b6-5+/t19-/m0/s1. The first-order valence-corrected chi connectivity index (χ1v) is 8.64. The number of rotatable bonds is 4. The van der Waals surface area contributed by atoms with Gasteiger partial charge in [0.05, 0.1) is 0 Å². The van der Waals surface area contributed by atoms with Crippen LogP contribution in [0.25, 0.3) is 6.08 Å². The van der Waals surface area contributed by atoms with Crippen LogP contribution in [0.2, 0.25) is 0 Å². The predicted molar refractivity (Wildman–Crippen MR) is 104 cm³/mol. The van der Waals surface area contributed by atoms with Crippen LogP contribution in [0.4, 0.5) is 5.69 Å². The summed E-state index contributed by atoms with van der Waals surface area (Å²) in [5.74, 6) is 0.984. The maximum absolute atomic E-state index is 9.19. The van der Waals surface area contributed by atoms with Crippen molar-refractivity contribution in [1.29, 1.82) is 10.5 Å². The first kappa shape index (κ1) is 18.6. The largest absolute Gasteiger partial charge is 0.378 e. The lowest BCUT2D eigenvalue weighted by molar-refractivity contribution is 0.375. The van der Waals surface area contributed by atoms with Crippen molar-refractivity contribution in [2.45, 2.75) is 26.7 Å². The molecule has 0 bridgehead atoms. The quantitative estimate of drug-likeness (QED) is 0.721. The van der Waals surface area contributed by atoms with Gasteiger partial charge in [-0.1, -0.05) is 44.2 Å². The minimum Gasteiger partial charge on any atom is -0.378 e. The fourth-order valence-corrected chi connectivity index (χ4v) is 3.02. The van der Waals surface area contributed by atoms with Gasteiger partial charge < -0.3 is 4.90 Å². The van der Waals surface area contributed by atoms with Gasteiger partial charge in [-0.15, -0.1) is 0 Å². The van der Waals surface area contributed by atoms with Gasteiger partial charge in [0.15, 0.2) is 0 Å². The SMILES string of the molecule is CC(C)[C@H]1CC(/C=C/c2ccc(N(C)C)cc2)=CC(=C(C#N)C#N)C1. The summed E-state index contributed by atoms with van der Waals surface area (Å²) in [6.45, 7) is 4.40. The van der Waals surface area contributed by atoms with Crippen LogP contribution >= 0.6 is 0 Å². The molecule has 0 aliphatic heterocycles. The Morgan fingerprint density at radius 2 is 1.72 bits per heavy atom. The lowest BCUT2D eigenvalue weighted by Gasteiger charge is -2.26. The van der Waals surface area contributed by atoms with Gasteiger partial charge in [0.2, 0.25) is 0 Å². The van der Waals surface area contributed by atoms with E-state index in [1.807, 2.05) is 32.3 Å². The van der Waals surface area contributed by atoms with Crippen LogP contribution < -0.4 is 4.90 Å². The second kappa shape index (κ2) is 8.36. The van der Waals surface area contributed by atoms with Crippen LogP contribution in [0.3, 0.4) is 0 Å². The van der Waals surface area contributed by atoms with E-state index in [0.29, 0.717) is 11.8 Å². The van der Waals surface area contributed by atoms with E-state index in [0.717, 1.165) is 24.0 Å². The van der Waals surface area contributed by atoms with E-state index in [1.165, 1.54) is 11.3 Å². The molecule has 128 valence electrons. The zero-order valence-electron chi connectivity index (χ0n) is 15.5. The average Bonchev–Trinajstić information content (AvgIpc) is 2.61. The summed E-state index contributed by atoms with van der Waals surface area (Å²) in [6.07, 6.45) is 8.03. The van der Waals surface area contributed by atoms with Crippen molar-refractivity contribution >= 4 is 11.8 Å². The van der Waals surface area contributed by atoms with Gasteiger partial charge in [-0.3, -0.25) is 0 Å². The first-order chi connectivity index (χ1) is 11.9. The number of anilines is 1. The minimum atomic E-state index is 0.242. The van der Waals surface area contributed by atoms with E-state index in [4.69, 9.17) is 0 Å². The third-order valence-electron chi connectivity index (χ3n) is 4.73. The molecule has 0 heterocycles. The number of benzene rings is 1. The molecule has 3 heteroatoms. The average molecular weight is 331 g/mol.